The minimum atomic E-state index is 0.0382. The molecule has 1 aromatic carbocycles. The Kier molecular flexibility index (Phi) is 5.19. The van der Waals surface area contributed by atoms with Crippen molar-refractivity contribution in [3.63, 3.8) is 0 Å². The number of rotatable bonds is 5. The zero-order valence-electron chi connectivity index (χ0n) is 16.2. The summed E-state index contributed by atoms with van der Waals surface area (Å²) in [5.74, 6) is 0.121. The van der Waals surface area contributed by atoms with Crippen LogP contribution in [0.4, 0.5) is 0 Å². The first-order valence-corrected chi connectivity index (χ1v) is 9.40. The Labute approximate surface area is 156 Å². The predicted molar refractivity (Wildman–Crippen MR) is 104 cm³/mol. The lowest BCUT2D eigenvalue weighted by molar-refractivity contribution is -0.122. The average Bonchev–Trinajstić information content (AvgIpc) is 2.99. The molecule has 0 unspecified atom stereocenters. The molecule has 5 heteroatoms. The molecular weight excluding hydrogens is 324 g/mol. The summed E-state index contributed by atoms with van der Waals surface area (Å²) in [5.41, 5.74) is 2.19. The van der Waals surface area contributed by atoms with Crippen LogP contribution in [-0.4, -0.2) is 32.8 Å². The maximum absolute atomic E-state index is 12.4. The van der Waals surface area contributed by atoms with Crippen LogP contribution in [0, 0.1) is 0 Å². The van der Waals surface area contributed by atoms with Gasteiger partial charge >= 0.3 is 0 Å². The number of nitrogens with one attached hydrogen (secondary N) is 2. The van der Waals surface area contributed by atoms with Crippen molar-refractivity contribution in [2.24, 2.45) is 0 Å². The molecule has 2 N–H and O–H groups in total. The van der Waals surface area contributed by atoms with E-state index >= 15 is 0 Å². The Hall–Kier alpha value is -2.14. The third-order valence-electron chi connectivity index (χ3n) is 4.85. The molecule has 0 radical (unpaired) electrons. The van der Waals surface area contributed by atoms with E-state index in [-0.39, 0.29) is 23.0 Å². The Morgan fingerprint density at radius 1 is 1.19 bits per heavy atom. The molecule has 1 saturated heterocycles. The number of carbonyl (C=O) groups excluding carboxylic acids is 1. The van der Waals surface area contributed by atoms with Gasteiger partial charge in [0.2, 0.25) is 5.91 Å². The molecule has 0 bridgehead atoms. The van der Waals surface area contributed by atoms with Gasteiger partial charge in [0, 0.05) is 29.7 Å². The molecule has 1 aromatic heterocycles. The summed E-state index contributed by atoms with van der Waals surface area (Å²) < 4.78 is 1.85. The van der Waals surface area contributed by atoms with Gasteiger partial charge in [-0.25, -0.2) is 4.68 Å². The molecule has 2 heterocycles. The fraction of sp³-hybridized carbons (Fsp3) is 0.524. The molecule has 5 nitrogen and oxygen atoms in total. The van der Waals surface area contributed by atoms with Gasteiger partial charge < -0.3 is 10.6 Å². The summed E-state index contributed by atoms with van der Waals surface area (Å²) in [4.78, 5) is 12.4. The first-order valence-electron chi connectivity index (χ1n) is 9.40. The Morgan fingerprint density at radius 3 is 2.50 bits per heavy atom. The molecule has 1 aliphatic rings. The second-order valence-corrected chi connectivity index (χ2v) is 8.69. The Morgan fingerprint density at radius 2 is 1.85 bits per heavy atom. The maximum atomic E-state index is 12.4. The first-order chi connectivity index (χ1) is 12.2. The molecule has 140 valence electrons. The van der Waals surface area contributed by atoms with Crippen molar-refractivity contribution in [1.29, 1.82) is 0 Å². The number of hydrogen-bond acceptors (Lipinski definition) is 3. The highest BCUT2D eigenvalue weighted by Gasteiger charge is 2.38. The molecule has 26 heavy (non-hydrogen) atoms. The molecule has 0 saturated carbocycles. The van der Waals surface area contributed by atoms with Crippen molar-refractivity contribution < 1.29 is 4.79 Å². The lowest BCUT2D eigenvalue weighted by atomic mass is 9.79. The number of nitrogens with zero attached hydrogens (tertiary/aromatic N) is 2. The molecule has 0 atom stereocenters. The van der Waals surface area contributed by atoms with Gasteiger partial charge in [0.25, 0.3) is 0 Å². The largest absolute Gasteiger partial charge is 0.353 e. The number of carbonyl (C=O) groups is 1. The van der Waals surface area contributed by atoms with Gasteiger partial charge in [-0.05, 0) is 64.7 Å². The predicted octanol–water partition coefficient (Wildman–Crippen LogP) is 3.23. The normalized spacial score (nSPS) is 19.2. The highest BCUT2D eigenvalue weighted by molar-refractivity contribution is 5.76. The zero-order chi connectivity index (χ0) is 18.8. The molecule has 2 aromatic rings. The minimum Gasteiger partial charge on any atom is -0.353 e. The van der Waals surface area contributed by atoms with Crippen LogP contribution in [0.2, 0.25) is 0 Å². The molecule has 1 fully saturated rings. The van der Waals surface area contributed by atoms with E-state index in [0.29, 0.717) is 12.8 Å². The fourth-order valence-electron chi connectivity index (χ4n) is 4.19. The minimum absolute atomic E-state index is 0.0382. The molecule has 1 aliphatic heterocycles. The van der Waals surface area contributed by atoms with E-state index in [1.807, 2.05) is 47.4 Å². The quantitative estimate of drug-likeness (QED) is 0.867. The van der Waals surface area contributed by atoms with Gasteiger partial charge in [-0.2, -0.15) is 5.10 Å². The molecule has 1 amide bonds. The highest BCUT2D eigenvalue weighted by Crippen LogP contribution is 2.28. The average molecular weight is 354 g/mol. The molecule has 3 rings (SSSR count). The van der Waals surface area contributed by atoms with E-state index < -0.39 is 0 Å². The second-order valence-electron chi connectivity index (χ2n) is 8.69. The van der Waals surface area contributed by atoms with Crippen LogP contribution in [0.25, 0.3) is 5.69 Å². The summed E-state index contributed by atoms with van der Waals surface area (Å²) in [7, 11) is 0. The lowest BCUT2D eigenvalue weighted by Crippen LogP contribution is -2.62. The molecular formula is C21H30N4O. The van der Waals surface area contributed by atoms with Gasteiger partial charge in [0.1, 0.15) is 0 Å². The van der Waals surface area contributed by atoms with Gasteiger partial charge in [0.15, 0.2) is 0 Å². The highest BCUT2D eigenvalue weighted by atomic mass is 16.1. The van der Waals surface area contributed by atoms with Crippen molar-refractivity contribution >= 4 is 5.91 Å². The van der Waals surface area contributed by atoms with E-state index in [0.717, 1.165) is 24.1 Å². The van der Waals surface area contributed by atoms with Crippen LogP contribution >= 0.6 is 0 Å². The van der Waals surface area contributed by atoms with E-state index in [1.54, 1.807) is 0 Å². The summed E-state index contributed by atoms with van der Waals surface area (Å²) in [6.07, 6.45) is 6.94. The van der Waals surface area contributed by atoms with Crippen LogP contribution in [-0.2, 0) is 11.2 Å². The number of amides is 1. The lowest BCUT2D eigenvalue weighted by Gasteiger charge is -2.46. The van der Waals surface area contributed by atoms with Crippen LogP contribution < -0.4 is 10.6 Å². The van der Waals surface area contributed by atoms with E-state index in [9.17, 15) is 4.79 Å². The smallest absolute Gasteiger partial charge is 0.220 e. The van der Waals surface area contributed by atoms with Gasteiger partial charge in [-0.3, -0.25) is 4.79 Å². The van der Waals surface area contributed by atoms with Crippen LogP contribution in [0.3, 0.4) is 0 Å². The monoisotopic (exact) mass is 354 g/mol. The number of para-hydroxylation sites is 1. The summed E-state index contributed by atoms with van der Waals surface area (Å²) in [5, 5.41) is 11.3. The third-order valence-corrected chi connectivity index (χ3v) is 4.85. The van der Waals surface area contributed by atoms with Crippen molar-refractivity contribution in [3.05, 3.63) is 48.3 Å². The summed E-state index contributed by atoms with van der Waals surface area (Å²) in [6, 6.07) is 10.2. The number of aromatic nitrogens is 2. The Balaban J connectivity index is 1.52. The van der Waals surface area contributed by atoms with Crippen molar-refractivity contribution in [1.82, 2.24) is 20.4 Å². The van der Waals surface area contributed by atoms with Crippen LogP contribution in [0.1, 0.15) is 52.5 Å². The van der Waals surface area contributed by atoms with Crippen molar-refractivity contribution in [3.8, 4) is 5.69 Å². The Bertz CT molecular complexity index is 732. The number of piperidine rings is 1. The van der Waals surface area contributed by atoms with Crippen molar-refractivity contribution in [2.45, 2.75) is 70.5 Å². The maximum Gasteiger partial charge on any atom is 0.220 e. The van der Waals surface area contributed by atoms with Gasteiger partial charge in [0.05, 0.1) is 11.9 Å². The number of aryl methyl sites for hydroxylation is 1. The SMILES string of the molecule is CC1(C)CC(NC(=O)CCc2cnn(-c3ccccc3)c2)CC(C)(C)N1. The number of hydrogen-bond donors (Lipinski definition) is 2. The topological polar surface area (TPSA) is 59.0 Å². The summed E-state index contributed by atoms with van der Waals surface area (Å²) in [6.45, 7) is 8.80. The second kappa shape index (κ2) is 7.23. The van der Waals surface area contributed by atoms with Crippen LogP contribution in [0.5, 0.6) is 0 Å². The third kappa shape index (κ3) is 4.94. The van der Waals surface area contributed by atoms with Crippen molar-refractivity contribution in [2.75, 3.05) is 0 Å². The molecule has 0 aliphatic carbocycles. The van der Waals surface area contributed by atoms with E-state index in [4.69, 9.17) is 0 Å². The standard InChI is InChI=1S/C21H30N4O/c1-20(2)12-17(13-21(3,4)24-20)23-19(26)11-10-16-14-22-25(15-16)18-8-6-5-7-9-18/h5-9,14-15,17,24H,10-13H2,1-4H3,(H,23,26). The van der Waals surface area contributed by atoms with Crippen LogP contribution in [0.15, 0.2) is 42.7 Å². The molecule has 0 spiro atoms. The zero-order valence-corrected chi connectivity index (χ0v) is 16.2. The fourth-order valence-corrected chi connectivity index (χ4v) is 4.19. The van der Waals surface area contributed by atoms with Gasteiger partial charge in [-0.15, -0.1) is 0 Å². The first kappa shape index (κ1) is 18.6. The number of benzene rings is 1. The van der Waals surface area contributed by atoms with E-state index in [1.165, 1.54) is 0 Å². The van der Waals surface area contributed by atoms with E-state index in [2.05, 4.69) is 43.4 Å². The summed E-state index contributed by atoms with van der Waals surface area (Å²) >= 11 is 0. The van der Waals surface area contributed by atoms with Gasteiger partial charge in [-0.1, -0.05) is 18.2 Å².